The third-order valence-corrected chi connectivity index (χ3v) is 5.91. The highest BCUT2D eigenvalue weighted by molar-refractivity contribution is 5.86. The number of pyridine rings is 2. The van der Waals surface area contributed by atoms with E-state index < -0.39 is 29.5 Å². The Kier molecular flexibility index (Phi) is 7.46. The molecule has 0 saturated heterocycles. The Hall–Kier alpha value is -3.92. The lowest BCUT2D eigenvalue weighted by Gasteiger charge is -2.28. The van der Waals surface area contributed by atoms with Crippen molar-refractivity contribution in [2.45, 2.75) is 52.1 Å². The monoisotopic (exact) mass is 526 g/mol. The Bertz CT molecular complexity index is 1430. The molecule has 1 unspecified atom stereocenters. The molecule has 4 rings (SSSR count). The highest BCUT2D eigenvalue weighted by atomic mass is 19.4. The van der Waals surface area contributed by atoms with E-state index in [1.807, 2.05) is 31.3 Å². The minimum Gasteiger partial charge on any atom is -0.443 e. The number of aryl methyl sites for hydroxylation is 1. The van der Waals surface area contributed by atoms with Gasteiger partial charge in [0.25, 0.3) is 0 Å². The number of rotatable bonds is 6. The summed E-state index contributed by atoms with van der Waals surface area (Å²) in [5.74, 6) is 0.302. The third kappa shape index (κ3) is 5.96. The quantitative estimate of drug-likeness (QED) is 0.294. The summed E-state index contributed by atoms with van der Waals surface area (Å²) in [4.78, 5) is 26.6. The van der Waals surface area contributed by atoms with Gasteiger partial charge in [-0.25, -0.2) is 14.8 Å². The number of methoxy groups -OCH3 is 1. The van der Waals surface area contributed by atoms with Crippen LogP contribution >= 0.6 is 0 Å². The molecule has 1 atom stereocenters. The van der Waals surface area contributed by atoms with E-state index in [1.54, 1.807) is 40.1 Å². The number of fused-ring (bicyclic) bond motifs is 1. The molecule has 1 N–H and O–H groups in total. The van der Waals surface area contributed by atoms with Crippen LogP contribution in [0.4, 0.5) is 23.8 Å². The number of benzene rings is 1. The molecule has 3 heterocycles. The SMILES string of the molecule is COC(c1ccc(N(Cc2ccc(C(F)(F)F)cc2)C(=O)OC(C)(C)C)nc1C)c1c[nH]c2ncccc12. The molecule has 0 radical (unpaired) electrons. The minimum atomic E-state index is -4.45. The summed E-state index contributed by atoms with van der Waals surface area (Å²) in [7, 11) is 1.60. The number of H-pyrrole nitrogens is 1. The van der Waals surface area contributed by atoms with Crippen molar-refractivity contribution in [3.05, 3.63) is 88.9 Å². The lowest BCUT2D eigenvalue weighted by Crippen LogP contribution is -2.37. The van der Waals surface area contributed by atoms with Crippen LogP contribution in [0.15, 0.2) is 60.9 Å². The summed E-state index contributed by atoms with van der Waals surface area (Å²) < 4.78 is 50.5. The standard InChI is InChI=1S/C28H29F3N4O3/c1-17-20(24(37-5)22-15-33-25-21(22)7-6-14-32-25)12-13-23(34-17)35(26(36)38-27(2,3)4)16-18-8-10-19(11-9-18)28(29,30)31/h6-15,24H,16H2,1-5H3,(H,32,33). The zero-order valence-electron chi connectivity index (χ0n) is 21.8. The molecule has 200 valence electrons. The number of hydrogen-bond acceptors (Lipinski definition) is 5. The first-order chi connectivity index (χ1) is 17.9. The zero-order chi connectivity index (χ0) is 27.7. The van der Waals surface area contributed by atoms with Crippen molar-refractivity contribution in [1.82, 2.24) is 15.0 Å². The second kappa shape index (κ2) is 10.4. The smallest absolute Gasteiger partial charge is 0.416 e. The molecule has 0 aliphatic heterocycles. The Morgan fingerprint density at radius 2 is 1.76 bits per heavy atom. The Morgan fingerprint density at radius 1 is 1.05 bits per heavy atom. The first-order valence-corrected chi connectivity index (χ1v) is 12.0. The fourth-order valence-corrected chi connectivity index (χ4v) is 4.14. The maximum atomic E-state index is 13.2. The molecule has 3 aromatic heterocycles. The van der Waals surface area contributed by atoms with Gasteiger partial charge in [-0.05, 0) is 63.6 Å². The lowest BCUT2D eigenvalue weighted by molar-refractivity contribution is -0.137. The summed E-state index contributed by atoms with van der Waals surface area (Å²) in [6.45, 7) is 7.00. The Labute approximate surface area is 218 Å². The number of halogens is 3. The molecule has 0 aliphatic rings. The number of nitrogens with zero attached hydrogens (tertiary/aromatic N) is 3. The van der Waals surface area contributed by atoms with Crippen LogP contribution in [-0.4, -0.2) is 33.8 Å². The fraction of sp³-hybridized carbons (Fsp3) is 0.321. The molecule has 1 amide bonds. The van der Waals surface area contributed by atoms with Crippen molar-refractivity contribution in [2.24, 2.45) is 0 Å². The highest BCUT2D eigenvalue weighted by Crippen LogP contribution is 2.34. The van der Waals surface area contributed by atoms with Crippen molar-refractivity contribution in [3.8, 4) is 0 Å². The van der Waals surface area contributed by atoms with Crippen LogP contribution in [-0.2, 0) is 22.2 Å². The van der Waals surface area contributed by atoms with E-state index in [0.29, 0.717) is 17.1 Å². The van der Waals surface area contributed by atoms with Crippen LogP contribution in [0, 0.1) is 6.92 Å². The van der Waals surface area contributed by atoms with Gasteiger partial charge >= 0.3 is 12.3 Å². The average Bonchev–Trinajstić information content (AvgIpc) is 3.26. The second-order valence-electron chi connectivity index (χ2n) is 9.86. The van der Waals surface area contributed by atoms with Crippen LogP contribution in [0.2, 0.25) is 0 Å². The van der Waals surface area contributed by atoms with E-state index in [0.717, 1.165) is 34.3 Å². The minimum absolute atomic E-state index is 0.0271. The summed E-state index contributed by atoms with van der Waals surface area (Å²) >= 11 is 0. The first-order valence-electron chi connectivity index (χ1n) is 12.0. The van der Waals surface area contributed by atoms with Gasteiger partial charge in [0.05, 0.1) is 12.1 Å². The van der Waals surface area contributed by atoms with Gasteiger partial charge in [0.1, 0.15) is 23.2 Å². The van der Waals surface area contributed by atoms with Gasteiger partial charge in [-0.2, -0.15) is 13.2 Å². The van der Waals surface area contributed by atoms with Crippen molar-refractivity contribution < 1.29 is 27.4 Å². The van der Waals surface area contributed by atoms with E-state index in [-0.39, 0.29) is 6.54 Å². The maximum absolute atomic E-state index is 13.2. The third-order valence-electron chi connectivity index (χ3n) is 5.91. The van der Waals surface area contributed by atoms with Crippen molar-refractivity contribution in [3.63, 3.8) is 0 Å². The van der Waals surface area contributed by atoms with Gasteiger partial charge in [-0.15, -0.1) is 0 Å². The summed E-state index contributed by atoms with van der Waals surface area (Å²) in [6, 6.07) is 12.0. The van der Waals surface area contributed by atoms with Crippen molar-refractivity contribution in [2.75, 3.05) is 12.0 Å². The number of hydrogen-bond donors (Lipinski definition) is 1. The molecule has 7 nitrogen and oxygen atoms in total. The van der Waals surface area contributed by atoms with Gasteiger partial charge in [-0.1, -0.05) is 18.2 Å². The predicted octanol–water partition coefficient (Wildman–Crippen LogP) is 6.96. The Morgan fingerprint density at radius 3 is 2.37 bits per heavy atom. The van der Waals surface area contributed by atoms with Gasteiger partial charge in [-0.3, -0.25) is 4.90 Å². The predicted molar refractivity (Wildman–Crippen MR) is 138 cm³/mol. The number of alkyl halides is 3. The van der Waals surface area contributed by atoms with E-state index in [4.69, 9.17) is 9.47 Å². The van der Waals surface area contributed by atoms with E-state index in [2.05, 4.69) is 15.0 Å². The van der Waals surface area contributed by atoms with E-state index >= 15 is 0 Å². The van der Waals surface area contributed by atoms with Crippen LogP contribution < -0.4 is 4.90 Å². The van der Waals surface area contributed by atoms with Crippen LogP contribution in [0.5, 0.6) is 0 Å². The fourth-order valence-electron chi connectivity index (χ4n) is 4.14. The van der Waals surface area contributed by atoms with Crippen LogP contribution in [0.3, 0.4) is 0 Å². The van der Waals surface area contributed by atoms with Gasteiger partial charge in [0, 0.05) is 41.7 Å². The normalized spacial score (nSPS) is 12.9. The Balaban J connectivity index is 1.68. The first kappa shape index (κ1) is 27.1. The molecule has 0 aliphatic carbocycles. The number of carbonyl (C=O) groups is 1. The van der Waals surface area contributed by atoms with Crippen LogP contribution in [0.25, 0.3) is 11.0 Å². The van der Waals surface area contributed by atoms with Crippen molar-refractivity contribution in [1.29, 1.82) is 0 Å². The highest BCUT2D eigenvalue weighted by Gasteiger charge is 2.31. The molecule has 10 heteroatoms. The second-order valence-corrected chi connectivity index (χ2v) is 9.86. The largest absolute Gasteiger partial charge is 0.443 e. The molecular formula is C28H29F3N4O3. The molecule has 38 heavy (non-hydrogen) atoms. The summed E-state index contributed by atoms with van der Waals surface area (Å²) in [6.07, 6.45) is -2.01. The van der Waals surface area contributed by atoms with Crippen molar-refractivity contribution >= 4 is 22.9 Å². The van der Waals surface area contributed by atoms with Gasteiger partial charge in [0.15, 0.2) is 0 Å². The summed E-state index contributed by atoms with van der Waals surface area (Å²) in [5, 5.41) is 0.917. The number of amides is 1. The van der Waals surface area contributed by atoms with Gasteiger partial charge < -0.3 is 14.5 Å². The number of carbonyl (C=O) groups excluding carboxylic acids is 1. The molecule has 0 fully saturated rings. The average molecular weight is 527 g/mol. The molecular weight excluding hydrogens is 497 g/mol. The summed E-state index contributed by atoms with van der Waals surface area (Å²) in [5.41, 5.74) is 1.99. The van der Waals surface area contributed by atoms with Crippen LogP contribution in [0.1, 0.15) is 54.8 Å². The van der Waals surface area contributed by atoms with E-state index in [9.17, 15) is 18.0 Å². The number of ether oxygens (including phenoxy) is 2. The molecule has 0 spiro atoms. The molecule has 4 aromatic rings. The maximum Gasteiger partial charge on any atom is 0.416 e. The molecule has 0 bridgehead atoms. The number of aromatic nitrogens is 3. The number of anilines is 1. The number of nitrogens with one attached hydrogen (secondary N) is 1. The van der Waals surface area contributed by atoms with Gasteiger partial charge in [0.2, 0.25) is 0 Å². The topological polar surface area (TPSA) is 80.3 Å². The molecule has 0 saturated carbocycles. The zero-order valence-corrected chi connectivity index (χ0v) is 21.8. The lowest BCUT2D eigenvalue weighted by atomic mass is 10.00. The van der Waals surface area contributed by atoms with E-state index in [1.165, 1.54) is 17.0 Å². The number of aromatic amines is 1. The molecule has 1 aromatic carbocycles.